The van der Waals surface area contributed by atoms with Gasteiger partial charge in [0.15, 0.2) is 0 Å². The van der Waals surface area contributed by atoms with Gasteiger partial charge in [0.1, 0.15) is 0 Å². The molecule has 0 heterocycles. The zero-order valence-corrected chi connectivity index (χ0v) is 13.2. The first kappa shape index (κ1) is 17.7. The molecule has 1 aromatic carbocycles. The van der Waals surface area contributed by atoms with Crippen molar-refractivity contribution in [2.45, 2.75) is 52.8 Å². The Morgan fingerprint density at radius 2 is 1.71 bits per heavy atom. The third-order valence-corrected chi connectivity index (χ3v) is 3.61. The Balaban J connectivity index is 3.19. The first-order valence-electron chi connectivity index (χ1n) is 7.44. The van der Waals surface area contributed by atoms with Gasteiger partial charge in [-0.3, -0.25) is 0 Å². The SMILES string of the molecule is CCC(CC)N(CC(C)C)c1ccc(C(F)(F)F)cc1N. The molecule has 0 saturated heterocycles. The molecule has 1 aromatic rings. The normalized spacial score (nSPS) is 12.2. The van der Waals surface area contributed by atoms with Crippen LogP contribution in [-0.2, 0) is 6.18 Å². The number of hydrogen-bond donors (Lipinski definition) is 1. The van der Waals surface area contributed by atoms with Crippen LogP contribution in [0, 0.1) is 5.92 Å². The number of anilines is 2. The van der Waals surface area contributed by atoms with Gasteiger partial charge in [0.05, 0.1) is 16.9 Å². The number of alkyl halides is 3. The number of nitrogens with zero attached hydrogens (tertiary/aromatic N) is 1. The third kappa shape index (κ3) is 4.55. The van der Waals surface area contributed by atoms with Gasteiger partial charge in [-0.05, 0) is 37.0 Å². The van der Waals surface area contributed by atoms with Gasteiger partial charge < -0.3 is 10.6 Å². The van der Waals surface area contributed by atoms with Gasteiger partial charge in [-0.1, -0.05) is 27.7 Å². The van der Waals surface area contributed by atoms with Crippen LogP contribution in [0.2, 0.25) is 0 Å². The maximum absolute atomic E-state index is 12.7. The molecule has 0 aromatic heterocycles. The van der Waals surface area contributed by atoms with Crippen molar-refractivity contribution < 1.29 is 13.2 Å². The molecule has 0 radical (unpaired) electrons. The van der Waals surface area contributed by atoms with Crippen molar-refractivity contribution in [1.82, 2.24) is 0 Å². The lowest BCUT2D eigenvalue weighted by atomic mass is 10.0. The molecule has 0 atom stereocenters. The minimum atomic E-state index is -4.36. The van der Waals surface area contributed by atoms with Crippen molar-refractivity contribution in [2.24, 2.45) is 5.92 Å². The van der Waals surface area contributed by atoms with E-state index in [2.05, 4.69) is 32.6 Å². The van der Waals surface area contributed by atoms with Crippen molar-refractivity contribution in [2.75, 3.05) is 17.2 Å². The third-order valence-electron chi connectivity index (χ3n) is 3.61. The van der Waals surface area contributed by atoms with E-state index in [1.54, 1.807) is 0 Å². The number of hydrogen-bond acceptors (Lipinski definition) is 2. The molecular weight excluding hydrogens is 277 g/mol. The summed E-state index contributed by atoms with van der Waals surface area (Å²) < 4.78 is 38.2. The van der Waals surface area contributed by atoms with Gasteiger partial charge >= 0.3 is 6.18 Å². The van der Waals surface area contributed by atoms with Crippen LogP contribution in [0.3, 0.4) is 0 Å². The Hall–Kier alpha value is -1.39. The van der Waals surface area contributed by atoms with E-state index in [-0.39, 0.29) is 11.7 Å². The molecule has 0 aliphatic rings. The summed E-state index contributed by atoms with van der Waals surface area (Å²) in [6.07, 6.45) is -2.49. The van der Waals surface area contributed by atoms with Crippen molar-refractivity contribution in [3.63, 3.8) is 0 Å². The van der Waals surface area contributed by atoms with Gasteiger partial charge in [0.2, 0.25) is 0 Å². The molecular formula is C16H25F3N2. The zero-order valence-electron chi connectivity index (χ0n) is 13.2. The second-order valence-electron chi connectivity index (χ2n) is 5.79. The highest BCUT2D eigenvalue weighted by Gasteiger charge is 2.31. The quantitative estimate of drug-likeness (QED) is 0.754. The highest BCUT2D eigenvalue weighted by molar-refractivity contribution is 5.69. The lowest BCUT2D eigenvalue weighted by Crippen LogP contribution is -2.37. The molecule has 0 amide bonds. The van der Waals surface area contributed by atoms with Crippen LogP contribution in [0.4, 0.5) is 24.5 Å². The van der Waals surface area contributed by atoms with E-state index >= 15 is 0 Å². The van der Waals surface area contributed by atoms with Crippen molar-refractivity contribution >= 4 is 11.4 Å². The van der Waals surface area contributed by atoms with Crippen LogP contribution in [-0.4, -0.2) is 12.6 Å². The highest BCUT2D eigenvalue weighted by Crippen LogP contribution is 2.35. The van der Waals surface area contributed by atoms with E-state index < -0.39 is 11.7 Å². The average Bonchev–Trinajstić information content (AvgIpc) is 2.37. The zero-order chi connectivity index (χ0) is 16.2. The predicted octanol–water partition coefficient (Wildman–Crippen LogP) is 4.94. The lowest BCUT2D eigenvalue weighted by Gasteiger charge is -2.35. The Bertz CT molecular complexity index is 451. The Labute approximate surface area is 125 Å². The van der Waals surface area contributed by atoms with Crippen molar-refractivity contribution in [1.29, 1.82) is 0 Å². The molecule has 0 spiro atoms. The van der Waals surface area contributed by atoms with Crippen LogP contribution in [0.25, 0.3) is 0 Å². The first-order chi connectivity index (χ1) is 9.70. The molecule has 21 heavy (non-hydrogen) atoms. The largest absolute Gasteiger partial charge is 0.416 e. The fraction of sp³-hybridized carbons (Fsp3) is 0.625. The van der Waals surface area contributed by atoms with E-state index in [9.17, 15) is 13.2 Å². The summed E-state index contributed by atoms with van der Waals surface area (Å²) in [6, 6.07) is 3.93. The maximum Gasteiger partial charge on any atom is 0.416 e. The van der Waals surface area contributed by atoms with Gasteiger partial charge in [-0.25, -0.2) is 0 Å². The molecule has 0 fully saturated rings. The summed E-state index contributed by atoms with van der Waals surface area (Å²) in [5, 5.41) is 0. The van der Waals surface area contributed by atoms with E-state index in [0.29, 0.717) is 11.6 Å². The Kier molecular flexibility index (Phi) is 5.93. The second-order valence-corrected chi connectivity index (χ2v) is 5.79. The summed E-state index contributed by atoms with van der Waals surface area (Å²) >= 11 is 0. The number of benzene rings is 1. The van der Waals surface area contributed by atoms with Crippen molar-refractivity contribution in [3.8, 4) is 0 Å². The molecule has 0 aliphatic heterocycles. The first-order valence-corrected chi connectivity index (χ1v) is 7.44. The molecule has 120 valence electrons. The monoisotopic (exact) mass is 302 g/mol. The molecule has 2 N–H and O–H groups in total. The standard InChI is InChI=1S/C16H25F3N2/c1-5-13(6-2)21(10-11(3)4)15-8-7-12(9-14(15)20)16(17,18)19/h7-9,11,13H,5-6,10,20H2,1-4H3. The number of nitrogens with two attached hydrogens (primary N) is 1. The van der Waals surface area contributed by atoms with E-state index in [0.717, 1.165) is 31.5 Å². The smallest absolute Gasteiger partial charge is 0.397 e. The summed E-state index contributed by atoms with van der Waals surface area (Å²) in [5.74, 6) is 0.410. The Morgan fingerprint density at radius 1 is 1.14 bits per heavy atom. The van der Waals surface area contributed by atoms with Gasteiger partial charge in [0, 0.05) is 12.6 Å². The number of halogens is 3. The number of rotatable bonds is 6. The second kappa shape index (κ2) is 7.05. The lowest BCUT2D eigenvalue weighted by molar-refractivity contribution is -0.137. The van der Waals surface area contributed by atoms with Crippen LogP contribution >= 0.6 is 0 Å². The van der Waals surface area contributed by atoms with Crippen LogP contribution in [0.1, 0.15) is 46.1 Å². The highest BCUT2D eigenvalue weighted by atomic mass is 19.4. The van der Waals surface area contributed by atoms with Gasteiger partial charge in [-0.2, -0.15) is 13.2 Å². The minimum absolute atomic E-state index is 0.192. The maximum atomic E-state index is 12.7. The fourth-order valence-electron chi connectivity index (χ4n) is 2.56. The minimum Gasteiger partial charge on any atom is -0.397 e. The fourth-order valence-corrected chi connectivity index (χ4v) is 2.56. The molecule has 5 heteroatoms. The summed E-state index contributed by atoms with van der Waals surface area (Å²) in [4.78, 5) is 2.14. The summed E-state index contributed by atoms with van der Waals surface area (Å²) in [7, 11) is 0. The molecule has 0 aliphatic carbocycles. The number of nitrogen functional groups attached to an aromatic ring is 1. The molecule has 0 saturated carbocycles. The van der Waals surface area contributed by atoms with Crippen LogP contribution < -0.4 is 10.6 Å². The molecule has 0 bridgehead atoms. The van der Waals surface area contributed by atoms with E-state index in [4.69, 9.17) is 5.73 Å². The van der Waals surface area contributed by atoms with Crippen molar-refractivity contribution in [3.05, 3.63) is 23.8 Å². The molecule has 0 unspecified atom stereocenters. The van der Waals surface area contributed by atoms with Crippen LogP contribution in [0.5, 0.6) is 0 Å². The average molecular weight is 302 g/mol. The Morgan fingerprint density at radius 3 is 2.10 bits per heavy atom. The summed E-state index contributed by atoms with van der Waals surface area (Å²) in [6.45, 7) is 9.14. The predicted molar refractivity (Wildman–Crippen MR) is 82.4 cm³/mol. The molecule has 2 nitrogen and oxygen atoms in total. The molecule has 1 rings (SSSR count). The topological polar surface area (TPSA) is 29.3 Å². The van der Waals surface area contributed by atoms with Gasteiger partial charge in [-0.15, -0.1) is 0 Å². The summed E-state index contributed by atoms with van der Waals surface area (Å²) in [5.41, 5.74) is 6.10. The van der Waals surface area contributed by atoms with E-state index in [1.807, 2.05) is 0 Å². The van der Waals surface area contributed by atoms with E-state index in [1.165, 1.54) is 6.07 Å². The van der Waals surface area contributed by atoms with Crippen LogP contribution in [0.15, 0.2) is 18.2 Å². The van der Waals surface area contributed by atoms with Gasteiger partial charge in [0.25, 0.3) is 0 Å².